The number of halogens is 1. The first-order chi connectivity index (χ1) is 6.77. The molecule has 76 valence electrons. The molecule has 1 fully saturated rings. The van der Waals surface area contributed by atoms with Gasteiger partial charge in [0.2, 0.25) is 0 Å². The Morgan fingerprint density at radius 2 is 2.43 bits per heavy atom. The van der Waals surface area contributed by atoms with Crippen LogP contribution >= 0.6 is 23.4 Å². The largest absolute Gasteiger partial charge is 0.356 e. The third-order valence-electron chi connectivity index (χ3n) is 2.53. The number of aromatic nitrogens is 1. The molecule has 0 spiro atoms. The first-order valence-corrected chi connectivity index (χ1v) is 6.23. The molecule has 0 radical (unpaired) electrons. The van der Waals surface area contributed by atoms with E-state index >= 15 is 0 Å². The summed E-state index contributed by atoms with van der Waals surface area (Å²) in [6.45, 7) is 0. The van der Waals surface area contributed by atoms with Gasteiger partial charge in [0, 0.05) is 25.0 Å². The molecule has 0 amide bonds. The molecule has 4 heteroatoms. The SMILES string of the molecule is CN(c1ccc(Cl)cn1)C1CCSC1. The Labute approximate surface area is 93.7 Å². The number of hydrogen-bond donors (Lipinski definition) is 0. The quantitative estimate of drug-likeness (QED) is 0.775. The Hall–Kier alpha value is -0.410. The second-order valence-electron chi connectivity index (χ2n) is 3.46. The van der Waals surface area contributed by atoms with E-state index in [0.717, 1.165) is 5.82 Å². The summed E-state index contributed by atoms with van der Waals surface area (Å²) >= 11 is 7.80. The van der Waals surface area contributed by atoms with E-state index in [4.69, 9.17) is 11.6 Å². The summed E-state index contributed by atoms with van der Waals surface area (Å²) < 4.78 is 0. The number of pyridine rings is 1. The maximum Gasteiger partial charge on any atom is 0.128 e. The second kappa shape index (κ2) is 4.41. The Morgan fingerprint density at radius 3 is 3.00 bits per heavy atom. The minimum absolute atomic E-state index is 0.633. The number of hydrogen-bond acceptors (Lipinski definition) is 3. The van der Waals surface area contributed by atoms with E-state index in [-0.39, 0.29) is 0 Å². The molecular weight excluding hydrogens is 216 g/mol. The molecule has 2 heterocycles. The molecular formula is C10H13ClN2S. The smallest absolute Gasteiger partial charge is 0.128 e. The van der Waals surface area contributed by atoms with Gasteiger partial charge in [0.15, 0.2) is 0 Å². The van der Waals surface area contributed by atoms with Crippen LogP contribution in [0.5, 0.6) is 0 Å². The molecule has 1 unspecified atom stereocenters. The van der Waals surface area contributed by atoms with Crippen molar-refractivity contribution in [3.8, 4) is 0 Å². The average molecular weight is 229 g/mol. The minimum Gasteiger partial charge on any atom is -0.356 e. The number of anilines is 1. The van der Waals surface area contributed by atoms with Crippen LogP contribution in [0.4, 0.5) is 5.82 Å². The van der Waals surface area contributed by atoms with Crippen LogP contribution < -0.4 is 4.90 Å². The van der Waals surface area contributed by atoms with Gasteiger partial charge in [0.1, 0.15) is 5.82 Å². The fourth-order valence-electron chi connectivity index (χ4n) is 1.59. The standard InChI is InChI=1S/C10H13ClN2S/c1-13(9-4-5-14-7-9)10-3-2-8(11)6-12-10/h2-3,6,9H,4-5,7H2,1H3. The Balaban J connectivity index is 2.09. The van der Waals surface area contributed by atoms with Gasteiger partial charge >= 0.3 is 0 Å². The molecule has 1 saturated heterocycles. The van der Waals surface area contributed by atoms with Crippen LogP contribution in [0, 0.1) is 0 Å². The number of nitrogens with zero attached hydrogens (tertiary/aromatic N) is 2. The van der Waals surface area contributed by atoms with Gasteiger partial charge in [-0.15, -0.1) is 0 Å². The van der Waals surface area contributed by atoms with Gasteiger partial charge in [-0.2, -0.15) is 11.8 Å². The predicted molar refractivity (Wildman–Crippen MR) is 63.4 cm³/mol. The molecule has 0 aromatic carbocycles. The third-order valence-corrected chi connectivity index (χ3v) is 3.89. The van der Waals surface area contributed by atoms with E-state index in [1.807, 2.05) is 23.9 Å². The van der Waals surface area contributed by atoms with Gasteiger partial charge in [0.05, 0.1) is 5.02 Å². The van der Waals surface area contributed by atoms with Crippen molar-refractivity contribution in [3.05, 3.63) is 23.4 Å². The maximum absolute atomic E-state index is 5.79. The second-order valence-corrected chi connectivity index (χ2v) is 5.05. The van der Waals surface area contributed by atoms with Gasteiger partial charge in [-0.05, 0) is 24.3 Å². The van der Waals surface area contributed by atoms with Gasteiger partial charge in [-0.3, -0.25) is 0 Å². The minimum atomic E-state index is 0.633. The van der Waals surface area contributed by atoms with E-state index in [1.165, 1.54) is 17.9 Å². The summed E-state index contributed by atoms with van der Waals surface area (Å²) in [5, 5.41) is 0.697. The van der Waals surface area contributed by atoms with Crippen LogP contribution in [-0.4, -0.2) is 29.6 Å². The predicted octanol–water partition coefficient (Wildman–Crippen LogP) is 2.68. The van der Waals surface area contributed by atoms with Crippen LogP contribution in [0.15, 0.2) is 18.3 Å². The molecule has 2 nitrogen and oxygen atoms in total. The molecule has 1 aromatic rings. The highest BCUT2D eigenvalue weighted by atomic mass is 35.5. The monoisotopic (exact) mass is 228 g/mol. The van der Waals surface area contributed by atoms with Gasteiger partial charge in [0.25, 0.3) is 0 Å². The van der Waals surface area contributed by atoms with Crippen LogP contribution in [0.25, 0.3) is 0 Å². The van der Waals surface area contributed by atoms with Crippen LogP contribution in [0.3, 0.4) is 0 Å². The zero-order valence-electron chi connectivity index (χ0n) is 8.11. The summed E-state index contributed by atoms with van der Waals surface area (Å²) in [5.41, 5.74) is 0. The average Bonchev–Trinajstić information content (AvgIpc) is 2.71. The molecule has 14 heavy (non-hydrogen) atoms. The van der Waals surface area contributed by atoms with Crippen molar-refractivity contribution in [1.29, 1.82) is 0 Å². The topological polar surface area (TPSA) is 16.1 Å². The summed E-state index contributed by atoms with van der Waals surface area (Å²) in [7, 11) is 2.10. The van der Waals surface area contributed by atoms with Crippen molar-refractivity contribution in [1.82, 2.24) is 4.98 Å². The molecule has 1 aromatic heterocycles. The summed E-state index contributed by atoms with van der Waals surface area (Å²) in [6.07, 6.45) is 2.96. The van der Waals surface area contributed by atoms with E-state index in [1.54, 1.807) is 6.20 Å². The third kappa shape index (κ3) is 2.15. The van der Waals surface area contributed by atoms with Gasteiger partial charge in [-0.1, -0.05) is 11.6 Å². The molecule has 0 aliphatic carbocycles. The van der Waals surface area contributed by atoms with Gasteiger partial charge < -0.3 is 4.90 Å². The van der Waals surface area contributed by atoms with Crippen molar-refractivity contribution >= 4 is 29.2 Å². The fraction of sp³-hybridized carbons (Fsp3) is 0.500. The zero-order chi connectivity index (χ0) is 9.97. The highest BCUT2D eigenvalue weighted by molar-refractivity contribution is 7.99. The molecule has 0 saturated carbocycles. The van der Waals surface area contributed by atoms with Crippen molar-refractivity contribution in [3.63, 3.8) is 0 Å². The summed E-state index contributed by atoms with van der Waals surface area (Å²) in [5.74, 6) is 3.49. The lowest BCUT2D eigenvalue weighted by molar-refractivity contribution is 0.692. The number of rotatable bonds is 2. The van der Waals surface area contributed by atoms with Crippen molar-refractivity contribution in [2.75, 3.05) is 23.5 Å². The first kappa shape index (κ1) is 10.1. The van der Waals surface area contributed by atoms with Crippen LogP contribution in [0.2, 0.25) is 5.02 Å². The lowest BCUT2D eigenvalue weighted by Crippen LogP contribution is -2.31. The van der Waals surface area contributed by atoms with E-state index in [0.29, 0.717) is 11.1 Å². The highest BCUT2D eigenvalue weighted by Crippen LogP contribution is 2.24. The van der Waals surface area contributed by atoms with Crippen molar-refractivity contribution in [2.24, 2.45) is 0 Å². The van der Waals surface area contributed by atoms with E-state index in [9.17, 15) is 0 Å². The van der Waals surface area contributed by atoms with Crippen LogP contribution in [-0.2, 0) is 0 Å². The summed E-state index contributed by atoms with van der Waals surface area (Å²) in [4.78, 5) is 6.55. The molecule has 0 bridgehead atoms. The number of thioether (sulfide) groups is 1. The summed E-state index contributed by atoms with van der Waals surface area (Å²) in [6, 6.07) is 4.50. The fourth-order valence-corrected chi connectivity index (χ4v) is 2.97. The van der Waals surface area contributed by atoms with Crippen LogP contribution in [0.1, 0.15) is 6.42 Å². The molecule has 1 aliphatic heterocycles. The Bertz CT molecular complexity index is 295. The first-order valence-electron chi connectivity index (χ1n) is 4.69. The maximum atomic E-state index is 5.79. The van der Waals surface area contributed by atoms with Crippen molar-refractivity contribution in [2.45, 2.75) is 12.5 Å². The molecule has 1 atom stereocenters. The lowest BCUT2D eigenvalue weighted by atomic mass is 10.2. The zero-order valence-corrected chi connectivity index (χ0v) is 9.68. The van der Waals surface area contributed by atoms with E-state index in [2.05, 4.69) is 16.9 Å². The normalized spacial score (nSPS) is 21.1. The highest BCUT2D eigenvalue weighted by Gasteiger charge is 2.20. The Morgan fingerprint density at radius 1 is 1.57 bits per heavy atom. The lowest BCUT2D eigenvalue weighted by Gasteiger charge is -2.24. The van der Waals surface area contributed by atoms with E-state index < -0.39 is 0 Å². The Kier molecular flexibility index (Phi) is 3.19. The van der Waals surface area contributed by atoms with Gasteiger partial charge in [-0.25, -0.2) is 4.98 Å². The molecule has 2 rings (SSSR count). The molecule has 1 aliphatic rings. The van der Waals surface area contributed by atoms with Crippen molar-refractivity contribution < 1.29 is 0 Å². The molecule has 0 N–H and O–H groups in total.